The summed E-state index contributed by atoms with van der Waals surface area (Å²) in [7, 11) is -2.11. The molecule has 1 aromatic rings. The van der Waals surface area contributed by atoms with E-state index in [1.165, 1.54) is 12.2 Å². The molecule has 0 atom stereocenters. The van der Waals surface area contributed by atoms with E-state index in [1.54, 1.807) is 19.2 Å². The molecule has 0 saturated heterocycles. The monoisotopic (exact) mass is 384 g/mol. The van der Waals surface area contributed by atoms with Crippen molar-refractivity contribution in [1.29, 1.82) is 0 Å². The molecule has 0 aliphatic rings. The lowest BCUT2D eigenvalue weighted by molar-refractivity contribution is -0.145. The maximum absolute atomic E-state index is 12.3. The standard InChI is InChI=1S/C18H25O7P/c1-4-12-23-26(20,24-13-5-2)25-14-6-7-18(19)22-15-16-8-10-17(21-3)11-9-16/h4-5,8-11H,1-2,6-7,12-15H2,3H3. The molecule has 0 spiro atoms. The molecule has 8 heteroatoms. The van der Waals surface area contributed by atoms with E-state index in [0.29, 0.717) is 6.42 Å². The van der Waals surface area contributed by atoms with E-state index >= 15 is 0 Å². The fraction of sp³-hybridized carbons (Fsp3) is 0.389. The van der Waals surface area contributed by atoms with Crippen molar-refractivity contribution in [1.82, 2.24) is 0 Å². The molecule has 1 aromatic carbocycles. The van der Waals surface area contributed by atoms with Gasteiger partial charge in [-0.1, -0.05) is 24.3 Å². The predicted molar refractivity (Wildman–Crippen MR) is 97.9 cm³/mol. The van der Waals surface area contributed by atoms with Crippen LogP contribution in [0.2, 0.25) is 0 Å². The average molecular weight is 384 g/mol. The molecule has 0 radical (unpaired) electrons. The lowest BCUT2D eigenvalue weighted by Crippen LogP contribution is -2.07. The van der Waals surface area contributed by atoms with Gasteiger partial charge in [0.15, 0.2) is 0 Å². The summed E-state index contributed by atoms with van der Waals surface area (Å²) in [5.74, 6) is 0.359. The Balaban J connectivity index is 2.29. The summed E-state index contributed by atoms with van der Waals surface area (Å²) >= 11 is 0. The van der Waals surface area contributed by atoms with Crippen LogP contribution in [0, 0.1) is 0 Å². The summed E-state index contributed by atoms with van der Waals surface area (Å²) < 4.78 is 37.7. The lowest BCUT2D eigenvalue weighted by Gasteiger charge is -2.16. The molecule has 0 aromatic heterocycles. The first-order valence-electron chi connectivity index (χ1n) is 8.07. The highest BCUT2D eigenvalue weighted by Crippen LogP contribution is 2.49. The zero-order valence-electron chi connectivity index (χ0n) is 14.9. The summed E-state index contributed by atoms with van der Waals surface area (Å²) in [5, 5.41) is 0. The predicted octanol–water partition coefficient (Wildman–Crippen LogP) is 4.05. The summed E-state index contributed by atoms with van der Waals surface area (Å²) in [6.45, 7) is 7.20. The SMILES string of the molecule is C=CCOP(=O)(OCC=C)OCCCC(=O)OCc1ccc(OC)cc1. The lowest BCUT2D eigenvalue weighted by atomic mass is 10.2. The second kappa shape index (κ2) is 12.4. The maximum Gasteiger partial charge on any atom is 0.475 e. The summed E-state index contributed by atoms with van der Waals surface area (Å²) in [4.78, 5) is 11.7. The maximum atomic E-state index is 12.3. The van der Waals surface area contributed by atoms with Crippen molar-refractivity contribution < 1.29 is 32.4 Å². The number of ether oxygens (including phenoxy) is 2. The normalized spacial score (nSPS) is 11.0. The van der Waals surface area contributed by atoms with E-state index in [0.717, 1.165) is 11.3 Å². The molecule has 0 fully saturated rings. The van der Waals surface area contributed by atoms with Crippen molar-refractivity contribution in [2.24, 2.45) is 0 Å². The van der Waals surface area contributed by atoms with Crippen molar-refractivity contribution in [3.8, 4) is 5.75 Å². The van der Waals surface area contributed by atoms with Crippen LogP contribution in [-0.4, -0.2) is 32.9 Å². The minimum Gasteiger partial charge on any atom is -0.497 e. The Bertz CT molecular complexity index is 596. The number of methoxy groups -OCH3 is 1. The second-order valence-corrected chi connectivity index (χ2v) is 6.73. The smallest absolute Gasteiger partial charge is 0.475 e. The molecular weight excluding hydrogens is 359 g/mol. The van der Waals surface area contributed by atoms with Gasteiger partial charge in [0.25, 0.3) is 0 Å². The van der Waals surface area contributed by atoms with Gasteiger partial charge in [-0.15, -0.1) is 13.2 Å². The van der Waals surface area contributed by atoms with Crippen LogP contribution < -0.4 is 4.74 Å². The quantitative estimate of drug-likeness (QED) is 0.207. The number of rotatable bonds is 14. The van der Waals surface area contributed by atoms with Gasteiger partial charge >= 0.3 is 13.8 Å². The van der Waals surface area contributed by atoms with Gasteiger partial charge < -0.3 is 9.47 Å². The molecule has 0 heterocycles. The van der Waals surface area contributed by atoms with Gasteiger partial charge in [-0.3, -0.25) is 18.4 Å². The molecule has 144 valence electrons. The third kappa shape index (κ3) is 8.97. The van der Waals surface area contributed by atoms with Crippen molar-refractivity contribution in [3.63, 3.8) is 0 Å². The molecule has 0 unspecified atom stereocenters. The first-order chi connectivity index (χ1) is 12.5. The molecule has 0 amide bonds. The molecule has 7 nitrogen and oxygen atoms in total. The van der Waals surface area contributed by atoms with Crippen LogP contribution in [-0.2, 0) is 34.3 Å². The first kappa shape index (κ1) is 22.1. The van der Waals surface area contributed by atoms with Crippen molar-refractivity contribution in [2.45, 2.75) is 19.4 Å². The molecule has 26 heavy (non-hydrogen) atoms. The van der Waals surface area contributed by atoms with Crippen molar-refractivity contribution in [3.05, 3.63) is 55.1 Å². The van der Waals surface area contributed by atoms with Gasteiger partial charge in [0.05, 0.1) is 26.9 Å². The minimum atomic E-state index is -3.69. The van der Waals surface area contributed by atoms with Crippen molar-refractivity contribution in [2.75, 3.05) is 26.9 Å². The van der Waals surface area contributed by atoms with Gasteiger partial charge in [0.2, 0.25) is 0 Å². The van der Waals surface area contributed by atoms with Crippen LogP contribution in [0.4, 0.5) is 0 Å². The van der Waals surface area contributed by atoms with E-state index in [1.807, 2.05) is 12.1 Å². The second-order valence-electron chi connectivity index (χ2n) is 5.06. The number of benzene rings is 1. The number of hydrogen-bond acceptors (Lipinski definition) is 7. The third-order valence-corrected chi connectivity index (χ3v) is 4.46. The van der Waals surface area contributed by atoms with Crippen LogP contribution in [0.3, 0.4) is 0 Å². The minimum absolute atomic E-state index is 0.0261. The van der Waals surface area contributed by atoms with E-state index in [4.69, 9.17) is 23.0 Å². The molecule has 1 rings (SSSR count). The molecule has 0 bridgehead atoms. The Morgan fingerprint density at radius 2 is 1.69 bits per heavy atom. The Morgan fingerprint density at radius 3 is 2.23 bits per heavy atom. The first-order valence-corrected chi connectivity index (χ1v) is 9.53. The molecule has 0 aliphatic carbocycles. The highest BCUT2D eigenvalue weighted by molar-refractivity contribution is 7.48. The zero-order chi connectivity index (χ0) is 19.3. The van der Waals surface area contributed by atoms with E-state index in [-0.39, 0.29) is 38.8 Å². The number of carbonyl (C=O) groups excluding carboxylic acids is 1. The van der Waals surface area contributed by atoms with Gasteiger partial charge in [-0.2, -0.15) is 0 Å². The van der Waals surface area contributed by atoms with Crippen LogP contribution in [0.5, 0.6) is 5.75 Å². The summed E-state index contributed by atoms with van der Waals surface area (Å²) in [5.41, 5.74) is 0.857. The number of carbonyl (C=O) groups is 1. The molecule has 0 saturated carbocycles. The molecular formula is C18H25O7P. The number of hydrogen-bond donors (Lipinski definition) is 0. The molecule has 0 N–H and O–H groups in total. The Morgan fingerprint density at radius 1 is 1.08 bits per heavy atom. The Hall–Kier alpha value is -1.92. The van der Waals surface area contributed by atoms with Gasteiger partial charge in [0.1, 0.15) is 12.4 Å². The highest BCUT2D eigenvalue weighted by Gasteiger charge is 2.25. The van der Waals surface area contributed by atoms with Crippen molar-refractivity contribution >= 4 is 13.8 Å². The average Bonchev–Trinajstić information content (AvgIpc) is 2.67. The Labute approximate surface area is 154 Å². The topological polar surface area (TPSA) is 80.3 Å². The van der Waals surface area contributed by atoms with E-state index in [2.05, 4.69) is 13.2 Å². The zero-order valence-corrected chi connectivity index (χ0v) is 15.8. The van der Waals surface area contributed by atoms with E-state index < -0.39 is 7.82 Å². The van der Waals surface area contributed by atoms with Crippen LogP contribution >= 0.6 is 7.82 Å². The van der Waals surface area contributed by atoms with Crippen LogP contribution in [0.1, 0.15) is 18.4 Å². The van der Waals surface area contributed by atoms with E-state index in [9.17, 15) is 9.36 Å². The molecule has 0 aliphatic heterocycles. The largest absolute Gasteiger partial charge is 0.497 e. The summed E-state index contributed by atoms with van der Waals surface area (Å²) in [6.07, 6.45) is 3.31. The van der Waals surface area contributed by atoms with Crippen LogP contribution in [0.15, 0.2) is 49.6 Å². The number of phosphoric ester groups is 1. The van der Waals surface area contributed by atoms with Crippen LogP contribution in [0.25, 0.3) is 0 Å². The highest BCUT2D eigenvalue weighted by atomic mass is 31.2. The number of esters is 1. The fourth-order valence-corrected chi connectivity index (χ4v) is 2.90. The third-order valence-electron chi connectivity index (χ3n) is 3.03. The number of phosphoric acid groups is 1. The van der Waals surface area contributed by atoms with Gasteiger partial charge in [-0.05, 0) is 24.1 Å². The fourth-order valence-electron chi connectivity index (χ4n) is 1.75. The summed E-state index contributed by atoms with van der Waals surface area (Å²) in [6, 6.07) is 7.22. The van der Waals surface area contributed by atoms with Gasteiger partial charge in [0, 0.05) is 6.42 Å². The van der Waals surface area contributed by atoms with Gasteiger partial charge in [-0.25, -0.2) is 4.57 Å². The Kier molecular flexibility index (Phi) is 10.6.